The zero-order chi connectivity index (χ0) is 22.4. The molecule has 0 saturated heterocycles. The number of aryl methyl sites for hydroxylation is 1. The van der Waals surface area contributed by atoms with Crippen LogP contribution in [0.4, 0.5) is 24.5 Å². The molecule has 0 fully saturated rings. The SMILES string of the molecule is Cc1cccc(NC(=O)CSCC(=O)Nc2cc(C(F)(F)F)ccc2-n2cccn2)c1. The number of carbonyl (C=O) groups is 2. The minimum atomic E-state index is -4.55. The highest BCUT2D eigenvalue weighted by Gasteiger charge is 2.31. The maximum absolute atomic E-state index is 13.1. The van der Waals surface area contributed by atoms with Crippen molar-refractivity contribution in [3.8, 4) is 5.69 Å². The molecule has 0 aliphatic heterocycles. The Kier molecular flexibility index (Phi) is 7.01. The maximum Gasteiger partial charge on any atom is 0.416 e. The number of anilines is 2. The number of alkyl halides is 3. The van der Waals surface area contributed by atoms with Gasteiger partial charge in [0.25, 0.3) is 0 Å². The fourth-order valence-corrected chi connectivity index (χ4v) is 3.38. The van der Waals surface area contributed by atoms with Crippen LogP contribution in [0.1, 0.15) is 11.1 Å². The smallest absolute Gasteiger partial charge is 0.325 e. The van der Waals surface area contributed by atoms with Crippen molar-refractivity contribution < 1.29 is 22.8 Å². The fourth-order valence-electron chi connectivity index (χ4n) is 2.77. The zero-order valence-electron chi connectivity index (χ0n) is 16.4. The number of rotatable bonds is 7. The van der Waals surface area contributed by atoms with Crippen molar-refractivity contribution >= 4 is 35.0 Å². The Labute approximate surface area is 180 Å². The molecule has 2 amide bonds. The van der Waals surface area contributed by atoms with Crippen LogP contribution in [0, 0.1) is 6.92 Å². The van der Waals surface area contributed by atoms with Crippen LogP contribution < -0.4 is 10.6 Å². The first-order valence-electron chi connectivity index (χ1n) is 9.18. The lowest BCUT2D eigenvalue weighted by molar-refractivity contribution is -0.137. The molecule has 0 atom stereocenters. The second-order valence-corrected chi connectivity index (χ2v) is 7.62. The first-order chi connectivity index (χ1) is 14.7. The summed E-state index contributed by atoms with van der Waals surface area (Å²) in [5.41, 5.74) is 1.05. The molecule has 3 rings (SSSR count). The number of benzene rings is 2. The van der Waals surface area contributed by atoms with E-state index in [1.54, 1.807) is 18.3 Å². The van der Waals surface area contributed by atoms with Crippen LogP contribution in [0.3, 0.4) is 0 Å². The van der Waals surface area contributed by atoms with Gasteiger partial charge in [0.15, 0.2) is 0 Å². The lowest BCUT2D eigenvalue weighted by Gasteiger charge is -2.14. The van der Waals surface area contributed by atoms with E-state index >= 15 is 0 Å². The van der Waals surface area contributed by atoms with Crippen LogP contribution in [0.2, 0.25) is 0 Å². The lowest BCUT2D eigenvalue weighted by Crippen LogP contribution is -2.19. The molecule has 1 heterocycles. The molecule has 0 spiro atoms. The molecular weight excluding hydrogens is 429 g/mol. The van der Waals surface area contributed by atoms with Gasteiger partial charge in [0.2, 0.25) is 11.8 Å². The summed E-state index contributed by atoms with van der Waals surface area (Å²) in [6.07, 6.45) is -1.51. The number of thioether (sulfide) groups is 1. The summed E-state index contributed by atoms with van der Waals surface area (Å²) in [6.45, 7) is 1.90. The Morgan fingerprint density at radius 3 is 2.42 bits per heavy atom. The molecule has 0 unspecified atom stereocenters. The van der Waals surface area contributed by atoms with Gasteiger partial charge in [-0.2, -0.15) is 18.3 Å². The Morgan fingerprint density at radius 2 is 1.77 bits per heavy atom. The summed E-state index contributed by atoms with van der Waals surface area (Å²) < 4.78 is 40.6. The van der Waals surface area contributed by atoms with E-state index in [2.05, 4.69) is 15.7 Å². The number of aromatic nitrogens is 2. The van der Waals surface area contributed by atoms with E-state index < -0.39 is 17.6 Å². The highest BCUT2D eigenvalue weighted by Crippen LogP contribution is 2.33. The summed E-state index contributed by atoms with van der Waals surface area (Å²) in [5.74, 6) is -0.882. The molecule has 0 aliphatic rings. The van der Waals surface area contributed by atoms with Crippen molar-refractivity contribution in [3.63, 3.8) is 0 Å². The van der Waals surface area contributed by atoms with Crippen molar-refractivity contribution in [1.82, 2.24) is 9.78 Å². The Bertz CT molecular complexity index is 1070. The summed E-state index contributed by atoms with van der Waals surface area (Å²) in [4.78, 5) is 24.3. The predicted molar refractivity (Wildman–Crippen MR) is 114 cm³/mol. The first-order valence-corrected chi connectivity index (χ1v) is 10.3. The van der Waals surface area contributed by atoms with Gasteiger partial charge in [-0.3, -0.25) is 9.59 Å². The van der Waals surface area contributed by atoms with Crippen molar-refractivity contribution in [2.75, 3.05) is 22.1 Å². The molecule has 0 saturated carbocycles. The number of hydrogen-bond donors (Lipinski definition) is 2. The van der Waals surface area contributed by atoms with Gasteiger partial charge in [-0.1, -0.05) is 12.1 Å². The van der Waals surface area contributed by atoms with Crippen LogP contribution in [0.15, 0.2) is 60.9 Å². The standard InChI is InChI=1S/C21H19F3N4O2S/c1-14-4-2-5-16(10-14)26-19(29)12-31-13-20(30)27-17-11-15(21(22,23)24)6-7-18(17)28-9-3-8-25-28/h2-11H,12-13H2,1H3,(H,26,29)(H,27,30). The number of amides is 2. The average molecular weight is 448 g/mol. The van der Waals surface area contributed by atoms with Crippen LogP contribution in [0.25, 0.3) is 5.69 Å². The lowest BCUT2D eigenvalue weighted by atomic mass is 10.1. The third-order valence-corrected chi connectivity index (χ3v) is 5.05. The maximum atomic E-state index is 13.1. The van der Waals surface area contributed by atoms with Crippen LogP contribution in [-0.2, 0) is 15.8 Å². The van der Waals surface area contributed by atoms with Crippen molar-refractivity contribution in [2.24, 2.45) is 0 Å². The minimum absolute atomic E-state index is 0.0201. The molecule has 6 nitrogen and oxygen atoms in total. The molecule has 2 N–H and O–H groups in total. The first kappa shape index (κ1) is 22.4. The van der Waals surface area contributed by atoms with Crippen LogP contribution in [-0.4, -0.2) is 33.1 Å². The fraction of sp³-hybridized carbons (Fsp3) is 0.190. The highest BCUT2D eigenvalue weighted by atomic mass is 32.2. The van der Waals surface area contributed by atoms with Gasteiger partial charge in [-0.15, -0.1) is 11.8 Å². The third-order valence-electron chi connectivity index (χ3n) is 4.12. The second-order valence-electron chi connectivity index (χ2n) is 6.64. The quantitative estimate of drug-likeness (QED) is 0.558. The summed E-state index contributed by atoms with van der Waals surface area (Å²) in [7, 11) is 0. The Balaban J connectivity index is 1.61. The largest absolute Gasteiger partial charge is 0.416 e. The van der Waals surface area contributed by atoms with Crippen LogP contribution >= 0.6 is 11.8 Å². The second kappa shape index (κ2) is 9.69. The van der Waals surface area contributed by atoms with E-state index in [1.807, 2.05) is 25.1 Å². The monoisotopic (exact) mass is 448 g/mol. The van der Waals surface area contributed by atoms with Gasteiger partial charge in [-0.05, 0) is 48.9 Å². The number of hydrogen-bond acceptors (Lipinski definition) is 4. The molecular formula is C21H19F3N4O2S. The van der Waals surface area contributed by atoms with Gasteiger partial charge in [0.1, 0.15) is 0 Å². The summed E-state index contributed by atoms with van der Waals surface area (Å²) >= 11 is 1.06. The van der Waals surface area contributed by atoms with E-state index in [1.165, 1.54) is 16.9 Å². The number of carbonyl (C=O) groups excluding carboxylic acids is 2. The molecule has 10 heteroatoms. The minimum Gasteiger partial charge on any atom is -0.325 e. The molecule has 0 aliphatic carbocycles. The summed E-state index contributed by atoms with van der Waals surface area (Å²) in [5, 5.41) is 9.22. The van der Waals surface area contributed by atoms with E-state index in [4.69, 9.17) is 0 Å². The Hall–Kier alpha value is -3.27. The van der Waals surface area contributed by atoms with Gasteiger partial charge in [0, 0.05) is 18.1 Å². The predicted octanol–water partition coefficient (Wildman–Crippen LogP) is 4.51. The van der Waals surface area contributed by atoms with Crippen LogP contribution in [0.5, 0.6) is 0 Å². The van der Waals surface area contributed by atoms with Gasteiger partial charge < -0.3 is 10.6 Å². The number of nitrogens with one attached hydrogen (secondary N) is 2. The van der Waals surface area contributed by atoms with E-state index in [0.29, 0.717) is 11.4 Å². The Morgan fingerprint density at radius 1 is 1.03 bits per heavy atom. The molecule has 31 heavy (non-hydrogen) atoms. The molecule has 1 aromatic heterocycles. The van der Waals surface area contributed by atoms with Crippen molar-refractivity contribution in [3.05, 3.63) is 72.1 Å². The van der Waals surface area contributed by atoms with E-state index in [-0.39, 0.29) is 23.1 Å². The van der Waals surface area contributed by atoms with Crippen molar-refractivity contribution in [1.29, 1.82) is 0 Å². The van der Waals surface area contributed by atoms with E-state index in [9.17, 15) is 22.8 Å². The van der Waals surface area contributed by atoms with Gasteiger partial charge in [-0.25, -0.2) is 4.68 Å². The third kappa shape index (κ3) is 6.35. The molecule has 0 bridgehead atoms. The molecule has 162 valence electrons. The number of halogens is 3. The summed E-state index contributed by atoms with van der Waals surface area (Å²) in [6, 6.07) is 11.9. The van der Waals surface area contributed by atoms with E-state index in [0.717, 1.165) is 29.5 Å². The van der Waals surface area contributed by atoms with Gasteiger partial charge >= 0.3 is 6.18 Å². The molecule has 3 aromatic rings. The highest BCUT2D eigenvalue weighted by molar-refractivity contribution is 8.00. The number of nitrogens with zero attached hydrogens (tertiary/aromatic N) is 2. The van der Waals surface area contributed by atoms with Crippen molar-refractivity contribution in [2.45, 2.75) is 13.1 Å². The molecule has 0 radical (unpaired) electrons. The zero-order valence-corrected chi connectivity index (χ0v) is 17.3. The topological polar surface area (TPSA) is 76.0 Å². The van der Waals surface area contributed by atoms with Gasteiger partial charge in [0.05, 0.1) is 28.4 Å². The molecule has 2 aromatic carbocycles. The normalized spacial score (nSPS) is 11.2. The average Bonchev–Trinajstić information content (AvgIpc) is 3.21.